The Kier molecular flexibility index (Phi) is 5.34. The van der Waals surface area contributed by atoms with Gasteiger partial charge in [-0.3, -0.25) is 14.8 Å². The monoisotopic (exact) mass is 438 g/mol. The summed E-state index contributed by atoms with van der Waals surface area (Å²) in [6, 6.07) is 14.9. The lowest BCUT2D eigenvalue weighted by molar-refractivity contribution is 0.0950. The fourth-order valence-corrected chi connectivity index (χ4v) is 4.06. The van der Waals surface area contributed by atoms with Gasteiger partial charge >= 0.3 is 0 Å². The molecule has 0 unspecified atom stereocenters. The Morgan fingerprint density at radius 1 is 1.06 bits per heavy atom. The van der Waals surface area contributed by atoms with Crippen molar-refractivity contribution in [3.05, 3.63) is 106 Å². The number of aromatic amines is 1. The number of benzene rings is 2. The van der Waals surface area contributed by atoms with E-state index in [0.29, 0.717) is 17.5 Å². The number of aryl methyl sites for hydroxylation is 2. The molecular weight excluding hydrogens is 415 g/mol. The molecule has 0 radical (unpaired) electrons. The Balaban J connectivity index is 1.31. The lowest BCUT2D eigenvalue weighted by atomic mass is 10.1. The van der Waals surface area contributed by atoms with Crippen LogP contribution < -0.4 is 5.32 Å². The molecule has 0 fully saturated rings. The van der Waals surface area contributed by atoms with Crippen molar-refractivity contribution in [1.82, 2.24) is 20.3 Å². The molecule has 0 aliphatic rings. The number of hydrogen-bond donors (Lipinski definition) is 2. The normalized spacial score (nSPS) is 11.2. The van der Waals surface area contributed by atoms with Crippen molar-refractivity contribution in [1.29, 1.82) is 0 Å². The Morgan fingerprint density at radius 3 is 2.82 bits per heavy atom. The molecule has 0 bridgehead atoms. The number of carbonyl (C=O) groups is 1. The molecule has 0 saturated heterocycles. The molecule has 0 atom stereocenters. The first kappa shape index (κ1) is 20.8. The zero-order valence-corrected chi connectivity index (χ0v) is 18.4. The molecule has 0 aliphatic heterocycles. The maximum Gasteiger partial charge on any atom is 0.251 e. The summed E-state index contributed by atoms with van der Waals surface area (Å²) in [6.07, 6.45) is 5.87. The molecule has 5 nitrogen and oxygen atoms in total. The van der Waals surface area contributed by atoms with Crippen LogP contribution in [-0.4, -0.2) is 20.9 Å². The van der Waals surface area contributed by atoms with E-state index in [1.165, 1.54) is 11.6 Å². The quantitative estimate of drug-likeness (QED) is 0.387. The van der Waals surface area contributed by atoms with Crippen molar-refractivity contribution in [2.45, 2.75) is 26.8 Å². The summed E-state index contributed by atoms with van der Waals surface area (Å²) >= 11 is 0. The highest BCUT2D eigenvalue weighted by Gasteiger charge is 2.12. The van der Waals surface area contributed by atoms with Crippen LogP contribution in [0.4, 0.5) is 4.39 Å². The maximum absolute atomic E-state index is 14.4. The van der Waals surface area contributed by atoms with Crippen molar-refractivity contribution >= 4 is 27.7 Å². The molecule has 0 spiro atoms. The van der Waals surface area contributed by atoms with E-state index in [-0.39, 0.29) is 18.3 Å². The van der Waals surface area contributed by atoms with Crippen LogP contribution in [0.3, 0.4) is 0 Å². The van der Waals surface area contributed by atoms with Gasteiger partial charge in [0.25, 0.3) is 5.91 Å². The Bertz CT molecular complexity index is 1510. The predicted molar refractivity (Wildman–Crippen MR) is 128 cm³/mol. The molecule has 1 amide bonds. The van der Waals surface area contributed by atoms with Crippen LogP contribution in [0.1, 0.15) is 38.3 Å². The summed E-state index contributed by atoms with van der Waals surface area (Å²) < 4.78 is 14.4. The average molecular weight is 439 g/mol. The number of nitrogens with one attached hydrogen (secondary N) is 2. The molecular formula is C27H23FN4O. The number of pyridine rings is 2. The summed E-state index contributed by atoms with van der Waals surface area (Å²) in [5.41, 5.74) is 6.65. The molecule has 0 aliphatic carbocycles. The van der Waals surface area contributed by atoms with E-state index in [2.05, 4.69) is 39.3 Å². The van der Waals surface area contributed by atoms with E-state index in [0.717, 1.165) is 38.6 Å². The molecule has 2 N–H and O–H groups in total. The minimum Gasteiger partial charge on any atom is -0.361 e. The summed E-state index contributed by atoms with van der Waals surface area (Å²) in [6.45, 7) is 4.12. The minimum atomic E-state index is -0.348. The van der Waals surface area contributed by atoms with Gasteiger partial charge in [0.2, 0.25) is 0 Å². The smallest absolute Gasteiger partial charge is 0.251 e. The Hall–Kier alpha value is -4.06. The fourth-order valence-electron chi connectivity index (χ4n) is 4.06. The highest BCUT2D eigenvalue weighted by molar-refractivity contribution is 5.94. The zero-order valence-electron chi connectivity index (χ0n) is 18.4. The van der Waals surface area contributed by atoms with Gasteiger partial charge in [0.1, 0.15) is 5.82 Å². The number of hydrogen-bond acceptors (Lipinski definition) is 3. The molecule has 3 heterocycles. The summed E-state index contributed by atoms with van der Waals surface area (Å²) in [4.78, 5) is 24.7. The summed E-state index contributed by atoms with van der Waals surface area (Å²) in [5, 5.41) is 4.86. The van der Waals surface area contributed by atoms with Crippen LogP contribution >= 0.6 is 0 Å². The van der Waals surface area contributed by atoms with Gasteiger partial charge in [0.15, 0.2) is 0 Å². The molecule has 33 heavy (non-hydrogen) atoms. The second-order valence-electron chi connectivity index (χ2n) is 8.40. The van der Waals surface area contributed by atoms with Gasteiger partial charge in [-0.25, -0.2) is 4.39 Å². The number of rotatable bonds is 5. The van der Waals surface area contributed by atoms with Crippen LogP contribution in [0.15, 0.2) is 67.1 Å². The highest BCUT2D eigenvalue weighted by Crippen LogP contribution is 2.22. The predicted octanol–water partition coefficient (Wildman–Crippen LogP) is 5.39. The minimum absolute atomic E-state index is 0.108. The molecule has 6 heteroatoms. The Morgan fingerprint density at radius 2 is 1.94 bits per heavy atom. The highest BCUT2D eigenvalue weighted by atomic mass is 19.1. The second-order valence-corrected chi connectivity index (χ2v) is 8.40. The molecule has 5 aromatic rings. The SMILES string of the molecule is Cc1ccc2ncc(Cc3cc(C(=O)NCc4cc5c(C)c[nH]c5cc4F)ccn3)cc2c1. The summed E-state index contributed by atoms with van der Waals surface area (Å²) in [5.74, 6) is -0.615. The van der Waals surface area contributed by atoms with Crippen LogP contribution in [-0.2, 0) is 13.0 Å². The Labute approximate surface area is 190 Å². The van der Waals surface area contributed by atoms with Gasteiger partial charge in [-0.15, -0.1) is 0 Å². The van der Waals surface area contributed by atoms with Crippen molar-refractivity contribution in [2.24, 2.45) is 0 Å². The van der Waals surface area contributed by atoms with Crippen LogP contribution in [0.5, 0.6) is 0 Å². The number of fused-ring (bicyclic) bond motifs is 2. The van der Waals surface area contributed by atoms with Crippen molar-refractivity contribution < 1.29 is 9.18 Å². The fraction of sp³-hybridized carbons (Fsp3) is 0.148. The van der Waals surface area contributed by atoms with Gasteiger partial charge in [-0.1, -0.05) is 11.6 Å². The van der Waals surface area contributed by atoms with Gasteiger partial charge < -0.3 is 10.3 Å². The maximum atomic E-state index is 14.4. The standard InChI is InChI=1S/C27H23FN4O/c1-16-3-4-25-20(7-16)8-18(14-31-25)9-22-10-19(5-6-29-22)27(33)32-15-21-11-23-17(2)13-30-26(23)12-24(21)28/h3-8,10-14,30H,9,15H2,1-2H3,(H,32,33). The van der Waals surface area contributed by atoms with E-state index in [4.69, 9.17) is 0 Å². The molecule has 5 rings (SSSR count). The second kappa shape index (κ2) is 8.47. The largest absolute Gasteiger partial charge is 0.361 e. The van der Waals surface area contributed by atoms with Crippen molar-refractivity contribution in [2.75, 3.05) is 0 Å². The number of aromatic nitrogens is 3. The van der Waals surface area contributed by atoms with E-state index >= 15 is 0 Å². The van der Waals surface area contributed by atoms with Crippen LogP contribution in [0.25, 0.3) is 21.8 Å². The first-order valence-corrected chi connectivity index (χ1v) is 10.8. The van der Waals surface area contributed by atoms with Crippen molar-refractivity contribution in [3.8, 4) is 0 Å². The third-order valence-corrected chi connectivity index (χ3v) is 5.85. The lowest BCUT2D eigenvalue weighted by Gasteiger charge is -2.09. The first-order valence-electron chi connectivity index (χ1n) is 10.8. The van der Waals surface area contributed by atoms with Gasteiger partial charge in [0.05, 0.1) is 5.52 Å². The third kappa shape index (κ3) is 4.32. The third-order valence-electron chi connectivity index (χ3n) is 5.85. The number of halogens is 1. The van der Waals surface area contributed by atoms with Gasteiger partial charge in [-0.05, 0) is 67.4 Å². The first-order chi connectivity index (χ1) is 16.0. The number of nitrogens with zero attached hydrogens (tertiary/aromatic N) is 2. The van der Waals surface area contributed by atoms with Crippen molar-refractivity contribution in [3.63, 3.8) is 0 Å². The lowest BCUT2D eigenvalue weighted by Crippen LogP contribution is -2.23. The molecule has 164 valence electrons. The average Bonchev–Trinajstić information content (AvgIpc) is 3.16. The topological polar surface area (TPSA) is 70.7 Å². The number of H-pyrrole nitrogens is 1. The zero-order chi connectivity index (χ0) is 22.9. The molecule has 0 saturated carbocycles. The number of amides is 1. The van der Waals surface area contributed by atoms with E-state index in [1.807, 2.05) is 31.5 Å². The molecule has 2 aromatic carbocycles. The van der Waals surface area contributed by atoms with E-state index < -0.39 is 0 Å². The van der Waals surface area contributed by atoms with Gasteiger partial charge in [-0.2, -0.15) is 0 Å². The van der Waals surface area contributed by atoms with Gasteiger partial charge in [0, 0.05) is 64.7 Å². The summed E-state index contributed by atoms with van der Waals surface area (Å²) in [7, 11) is 0. The molecule has 3 aromatic heterocycles. The van der Waals surface area contributed by atoms with E-state index in [9.17, 15) is 9.18 Å². The van der Waals surface area contributed by atoms with Crippen LogP contribution in [0.2, 0.25) is 0 Å². The van der Waals surface area contributed by atoms with E-state index in [1.54, 1.807) is 24.4 Å². The number of carbonyl (C=O) groups excluding carboxylic acids is 1. The van der Waals surface area contributed by atoms with Crippen LogP contribution in [0, 0.1) is 19.7 Å².